The van der Waals surface area contributed by atoms with Gasteiger partial charge in [-0.25, -0.2) is 9.97 Å². The first-order chi connectivity index (χ1) is 11.6. The molecule has 124 valence electrons. The van der Waals surface area contributed by atoms with E-state index in [-0.39, 0.29) is 17.5 Å². The Bertz CT molecular complexity index is 891. The van der Waals surface area contributed by atoms with Crippen LogP contribution in [-0.2, 0) is 13.0 Å². The molecule has 0 atom stereocenters. The lowest BCUT2D eigenvalue weighted by molar-refractivity contribution is -0.384. The van der Waals surface area contributed by atoms with Crippen LogP contribution in [0.15, 0.2) is 30.5 Å². The predicted octanol–water partition coefficient (Wildman–Crippen LogP) is 1.99. The minimum atomic E-state index is -0.608. The molecule has 9 heteroatoms. The molecular formula is C15H17N7O2. The van der Waals surface area contributed by atoms with Gasteiger partial charge in [0.25, 0.3) is 0 Å². The normalized spacial score (nSPS) is 10.9. The number of rotatable bonds is 6. The highest BCUT2D eigenvalue weighted by Gasteiger charge is 2.14. The minimum Gasteiger partial charge on any atom is -0.378 e. The van der Waals surface area contributed by atoms with Crippen LogP contribution < -0.4 is 11.1 Å². The number of nitro groups is 1. The maximum Gasteiger partial charge on any atom is 0.329 e. The lowest BCUT2D eigenvalue weighted by Crippen LogP contribution is -2.12. The Morgan fingerprint density at radius 3 is 2.83 bits per heavy atom. The Hall–Kier alpha value is -3.23. The van der Waals surface area contributed by atoms with Gasteiger partial charge in [0.2, 0.25) is 11.8 Å². The third-order valence-corrected chi connectivity index (χ3v) is 3.68. The molecule has 0 aliphatic carbocycles. The van der Waals surface area contributed by atoms with Gasteiger partial charge in [0.1, 0.15) is 12.0 Å². The summed E-state index contributed by atoms with van der Waals surface area (Å²) < 4.78 is 2.15. The zero-order chi connectivity index (χ0) is 17.1. The summed E-state index contributed by atoms with van der Waals surface area (Å²) in [7, 11) is 0. The highest BCUT2D eigenvalue weighted by Crippen LogP contribution is 2.19. The van der Waals surface area contributed by atoms with Crippen molar-refractivity contribution in [2.24, 2.45) is 0 Å². The van der Waals surface area contributed by atoms with Crippen LogP contribution in [0.25, 0.3) is 11.0 Å². The van der Waals surface area contributed by atoms with E-state index < -0.39 is 4.92 Å². The number of nitrogen functional groups attached to an aromatic ring is 1. The second-order valence-electron chi connectivity index (χ2n) is 5.16. The zero-order valence-electron chi connectivity index (χ0n) is 13.1. The first-order valence-electron chi connectivity index (χ1n) is 7.55. The van der Waals surface area contributed by atoms with Gasteiger partial charge in [0.05, 0.1) is 16.0 Å². The van der Waals surface area contributed by atoms with Gasteiger partial charge in [-0.05, 0) is 19.1 Å². The van der Waals surface area contributed by atoms with Gasteiger partial charge in [0, 0.05) is 19.5 Å². The Kier molecular flexibility index (Phi) is 4.23. The van der Waals surface area contributed by atoms with E-state index in [9.17, 15) is 10.1 Å². The molecule has 0 radical (unpaired) electrons. The summed E-state index contributed by atoms with van der Waals surface area (Å²) in [6.45, 7) is 3.45. The van der Waals surface area contributed by atoms with Crippen molar-refractivity contribution in [3.05, 3.63) is 46.4 Å². The van der Waals surface area contributed by atoms with E-state index in [1.165, 1.54) is 0 Å². The number of aryl methyl sites for hydroxylation is 1. The number of nitrogens with zero attached hydrogens (tertiary/aromatic N) is 5. The van der Waals surface area contributed by atoms with Crippen molar-refractivity contribution in [2.75, 3.05) is 17.6 Å². The molecule has 0 saturated carbocycles. The number of anilines is 2. The fourth-order valence-electron chi connectivity index (χ4n) is 2.57. The summed E-state index contributed by atoms with van der Waals surface area (Å²) in [5.41, 5.74) is 7.32. The van der Waals surface area contributed by atoms with Crippen molar-refractivity contribution in [1.82, 2.24) is 19.5 Å². The first kappa shape index (κ1) is 15.7. The van der Waals surface area contributed by atoms with Crippen molar-refractivity contribution in [3.63, 3.8) is 0 Å². The van der Waals surface area contributed by atoms with Crippen molar-refractivity contribution >= 4 is 28.5 Å². The lowest BCUT2D eigenvalue weighted by atomic mass is 10.3. The lowest BCUT2D eigenvalue weighted by Gasteiger charge is -2.07. The third-order valence-electron chi connectivity index (χ3n) is 3.68. The number of nitrogens with two attached hydrogens (primary N) is 1. The predicted molar refractivity (Wildman–Crippen MR) is 90.7 cm³/mol. The molecule has 0 amide bonds. The number of aromatic nitrogens is 4. The van der Waals surface area contributed by atoms with Crippen LogP contribution in [0.3, 0.4) is 0 Å². The second-order valence-corrected chi connectivity index (χ2v) is 5.16. The smallest absolute Gasteiger partial charge is 0.329 e. The number of para-hydroxylation sites is 2. The standard InChI is InChI=1S/C15H17N7O2/c1-2-21-11-6-4-3-5-10(11)19-13(21)7-8-17-15-18-9-12(22(23)24)14(16)20-15/h3-6,9H,2,7-8H2,1H3,(H3,16,17,18,20). The SMILES string of the molecule is CCn1c(CCNc2ncc([N+](=O)[O-])c(N)n2)nc2ccccc21. The van der Waals surface area contributed by atoms with Gasteiger partial charge in [-0.15, -0.1) is 0 Å². The molecule has 2 aromatic heterocycles. The molecule has 24 heavy (non-hydrogen) atoms. The minimum absolute atomic E-state index is 0.154. The van der Waals surface area contributed by atoms with Gasteiger partial charge >= 0.3 is 5.69 Å². The van der Waals surface area contributed by atoms with E-state index in [1.54, 1.807) is 0 Å². The van der Waals surface area contributed by atoms with Gasteiger partial charge in [-0.1, -0.05) is 12.1 Å². The topological polar surface area (TPSA) is 125 Å². The Morgan fingerprint density at radius 1 is 1.33 bits per heavy atom. The molecule has 0 unspecified atom stereocenters. The fraction of sp³-hybridized carbons (Fsp3) is 0.267. The van der Waals surface area contributed by atoms with Crippen LogP contribution in [0, 0.1) is 10.1 Å². The Labute approximate surface area is 137 Å². The van der Waals surface area contributed by atoms with E-state index >= 15 is 0 Å². The van der Waals surface area contributed by atoms with Crippen molar-refractivity contribution < 1.29 is 4.92 Å². The van der Waals surface area contributed by atoms with Crippen molar-refractivity contribution in [3.8, 4) is 0 Å². The first-order valence-corrected chi connectivity index (χ1v) is 7.55. The van der Waals surface area contributed by atoms with Gasteiger partial charge in [-0.2, -0.15) is 4.98 Å². The molecule has 0 fully saturated rings. The maximum absolute atomic E-state index is 10.7. The van der Waals surface area contributed by atoms with Crippen LogP contribution in [0.5, 0.6) is 0 Å². The molecule has 3 N–H and O–H groups in total. The van der Waals surface area contributed by atoms with E-state index in [4.69, 9.17) is 5.73 Å². The van der Waals surface area contributed by atoms with Crippen molar-refractivity contribution in [2.45, 2.75) is 19.9 Å². The summed E-state index contributed by atoms with van der Waals surface area (Å²) in [5, 5.41) is 13.7. The molecule has 3 aromatic rings. The van der Waals surface area contributed by atoms with Gasteiger partial charge in [-0.3, -0.25) is 10.1 Å². The average Bonchev–Trinajstić information content (AvgIpc) is 2.92. The molecule has 0 aliphatic rings. The van der Waals surface area contributed by atoms with Gasteiger partial charge < -0.3 is 15.6 Å². The molecule has 9 nitrogen and oxygen atoms in total. The van der Waals surface area contributed by atoms with Crippen LogP contribution >= 0.6 is 0 Å². The molecular weight excluding hydrogens is 310 g/mol. The number of nitrogens with one attached hydrogen (secondary N) is 1. The number of imidazole rings is 1. The molecule has 0 aliphatic heterocycles. The quantitative estimate of drug-likeness (QED) is 0.524. The van der Waals surface area contributed by atoms with E-state index in [1.807, 2.05) is 24.3 Å². The highest BCUT2D eigenvalue weighted by atomic mass is 16.6. The zero-order valence-corrected chi connectivity index (χ0v) is 13.1. The number of benzene rings is 1. The largest absolute Gasteiger partial charge is 0.378 e. The summed E-state index contributed by atoms with van der Waals surface area (Å²) in [5.74, 6) is 1.07. The highest BCUT2D eigenvalue weighted by molar-refractivity contribution is 5.75. The summed E-state index contributed by atoms with van der Waals surface area (Å²) in [6, 6.07) is 7.98. The Balaban J connectivity index is 1.71. The van der Waals surface area contributed by atoms with Crippen LogP contribution in [0.1, 0.15) is 12.7 Å². The number of hydrogen-bond donors (Lipinski definition) is 2. The summed E-state index contributed by atoms with van der Waals surface area (Å²) in [6.07, 6.45) is 1.77. The van der Waals surface area contributed by atoms with E-state index in [2.05, 4.69) is 31.8 Å². The molecule has 3 rings (SSSR count). The number of fused-ring (bicyclic) bond motifs is 1. The molecule has 0 bridgehead atoms. The van der Waals surface area contributed by atoms with Crippen molar-refractivity contribution in [1.29, 1.82) is 0 Å². The third kappa shape index (κ3) is 2.96. The average molecular weight is 327 g/mol. The number of hydrogen-bond acceptors (Lipinski definition) is 7. The van der Waals surface area contributed by atoms with Gasteiger partial charge in [0.15, 0.2) is 0 Å². The molecule has 1 aromatic carbocycles. The maximum atomic E-state index is 10.7. The molecule has 2 heterocycles. The van der Waals surface area contributed by atoms with Crippen LogP contribution in [0.2, 0.25) is 0 Å². The monoisotopic (exact) mass is 327 g/mol. The summed E-state index contributed by atoms with van der Waals surface area (Å²) in [4.78, 5) is 22.5. The fourth-order valence-corrected chi connectivity index (χ4v) is 2.57. The Morgan fingerprint density at radius 2 is 2.12 bits per heavy atom. The van der Waals surface area contributed by atoms with Crippen LogP contribution in [0.4, 0.5) is 17.5 Å². The molecule has 0 saturated heterocycles. The second kappa shape index (κ2) is 6.49. The van der Waals surface area contributed by atoms with E-state index in [0.717, 1.165) is 29.6 Å². The van der Waals surface area contributed by atoms with Crippen LogP contribution in [-0.4, -0.2) is 31.0 Å². The van der Waals surface area contributed by atoms with E-state index in [0.29, 0.717) is 13.0 Å². The summed E-state index contributed by atoms with van der Waals surface area (Å²) >= 11 is 0. The molecule has 0 spiro atoms.